The van der Waals surface area contributed by atoms with Crippen molar-refractivity contribution in [3.05, 3.63) is 85.1 Å². The fraction of sp³-hybridized carbons (Fsp3) is 0.660. The van der Waals surface area contributed by atoms with Gasteiger partial charge in [0, 0.05) is 37.5 Å². The molecule has 3 amide bonds. The molecule has 3 aliphatic rings. The summed E-state index contributed by atoms with van der Waals surface area (Å²) in [5, 5.41) is 131. The molecular formula is C50H80N4O19. The van der Waals surface area contributed by atoms with Gasteiger partial charge in [-0.3, -0.25) is 15.0 Å². The van der Waals surface area contributed by atoms with Gasteiger partial charge in [0.05, 0.1) is 92.3 Å². The molecule has 23 nitrogen and oxygen atoms in total. The number of carbonyl (C=O) groups excluding carboxylic acids is 3. The number of hydrogen-bond donors (Lipinski definition) is 16. The van der Waals surface area contributed by atoms with Crippen LogP contribution in [-0.2, 0) is 28.5 Å². The lowest BCUT2D eigenvalue weighted by molar-refractivity contribution is -0.303. The summed E-state index contributed by atoms with van der Waals surface area (Å²) in [6.07, 6.45) is 0.749. The molecule has 2 bridgehead atoms. The molecule has 20 atom stereocenters. The quantitative estimate of drug-likeness (QED) is 0.105. The Hall–Kier alpha value is -4.25. The molecule has 2 saturated heterocycles. The Morgan fingerprint density at radius 3 is 1.90 bits per heavy atom. The van der Waals surface area contributed by atoms with Crippen LogP contribution in [0.2, 0.25) is 0 Å². The van der Waals surface area contributed by atoms with E-state index in [-0.39, 0.29) is 31.6 Å². The first-order valence-electron chi connectivity index (χ1n) is 24.6. The molecule has 17 N–H and O–H groups in total. The van der Waals surface area contributed by atoms with Crippen LogP contribution in [0.5, 0.6) is 0 Å². The molecule has 414 valence electrons. The highest BCUT2D eigenvalue weighted by atomic mass is 16.7. The van der Waals surface area contributed by atoms with Gasteiger partial charge < -0.3 is 91.3 Å². The van der Waals surface area contributed by atoms with Gasteiger partial charge in [0.25, 0.3) is 5.91 Å². The number of nitrogens with two attached hydrogens (primary N) is 1. The van der Waals surface area contributed by atoms with Crippen LogP contribution in [0, 0.1) is 11.8 Å². The molecule has 0 aromatic heterocycles. The SMILES string of the molecule is C[C@@H]1[C@H](O)[C@@H](C)/C=C/C=C/C=C/C=C/C=C/C=C/C=C/[C@H](O[C@@H]2O[C@H](C)[C@@H](O)[C@H](N)[C@@H]2O)C[C@@H]2O[C@](O)(C[C@@H](O)C[C@@H](O)[C@H](O)CC[C@@H](O)C[C@@H](O)CC(=O)O[C@H]1C)C[C@H](O)[C@H]2NC(=O)NNC(=O)[C@H](O)CO. The fourth-order valence-corrected chi connectivity index (χ4v) is 8.31. The van der Waals surface area contributed by atoms with Gasteiger partial charge in [0.15, 0.2) is 18.2 Å². The van der Waals surface area contributed by atoms with Gasteiger partial charge in [-0.15, -0.1) is 0 Å². The predicted octanol–water partition coefficient (Wildman–Crippen LogP) is -1.94. The largest absolute Gasteiger partial charge is 0.462 e. The van der Waals surface area contributed by atoms with Crippen LogP contribution in [-0.4, -0.2) is 195 Å². The van der Waals surface area contributed by atoms with Crippen LogP contribution >= 0.6 is 0 Å². The third-order valence-electron chi connectivity index (χ3n) is 12.8. The lowest BCUT2D eigenvalue weighted by atomic mass is 9.87. The third-order valence-corrected chi connectivity index (χ3v) is 12.8. The highest BCUT2D eigenvalue weighted by molar-refractivity contribution is 5.84. The van der Waals surface area contributed by atoms with E-state index < -0.39 is 166 Å². The number of esters is 1. The Labute approximate surface area is 425 Å². The molecule has 73 heavy (non-hydrogen) atoms. The van der Waals surface area contributed by atoms with Gasteiger partial charge in [-0.05, 0) is 33.1 Å². The number of aliphatic hydroxyl groups is 12. The van der Waals surface area contributed by atoms with Crippen LogP contribution in [0.3, 0.4) is 0 Å². The van der Waals surface area contributed by atoms with Crippen LogP contribution in [0.1, 0.15) is 79.1 Å². The first kappa shape index (κ1) is 63.0. The number of fused-ring (bicyclic) bond motifs is 2. The Bertz CT molecular complexity index is 1900. The summed E-state index contributed by atoms with van der Waals surface area (Å²) in [6, 6.07) is -3.74. The van der Waals surface area contributed by atoms with Gasteiger partial charge in [0.2, 0.25) is 0 Å². The first-order chi connectivity index (χ1) is 34.4. The number of hydrazine groups is 1. The van der Waals surface area contributed by atoms with Crippen molar-refractivity contribution in [1.82, 2.24) is 16.2 Å². The number of ether oxygens (including phenoxy) is 4. The Morgan fingerprint density at radius 2 is 1.30 bits per heavy atom. The molecule has 0 aromatic rings. The summed E-state index contributed by atoms with van der Waals surface area (Å²) >= 11 is 0. The smallest absolute Gasteiger partial charge is 0.333 e. The van der Waals surface area contributed by atoms with E-state index in [9.17, 15) is 70.6 Å². The molecule has 0 aliphatic carbocycles. The lowest BCUT2D eigenvalue weighted by Crippen LogP contribution is -2.64. The number of carbonyl (C=O) groups is 3. The molecule has 0 aromatic carbocycles. The molecule has 3 heterocycles. The number of rotatable bonds is 5. The second-order valence-corrected chi connectivity index (χ2v) is 19.0. The number of hydrogen-bond acceptors (Lipinski definition) is 20. The van der Waals surface area contributed by atoms with Gasteiger partial charge in [0.1, 0.15) is 12.2 Å². The monoisotopic (exact) mass is 1040 g/mol. The summed E-state index contributed by atoms with van der Waals surface area (Å²) in [5.74, 6) is -5.07. The normalized spacial score (nSPS) is 42.1. The predicted molar refractivity (Wildman–Crippen MR) is 263 cm³/mol. The van der Waals surface area contributed by atoms with Crippen LogP contribution in [0.15, 0.2) is 85.1 Å². The van der Waals surface area contributed by atoms with Crippen molar-refractivity contribution >= 4 is 17.9 Å². The van der Waals surface area contributed by atoms with Crippen molar-refractivity contribution in [3.8, 4) is 0 Å². The number of cyclic esters (lactones) is 1. The Kier molecular flexibility index (Phi) is 27.3. The molecule has 23 heteroatoms. The first-order valence-corrected chi connectivity index (χ1v) is 24.6. The lowest BCUT2D eigenvalue weighted by Gasteiger charge is -2.46. The summed E-state index contributed by atoms with van der Waals surface area (Å²) in [5.41, 5.74) is 9.95. The number of aliphatic hydroxyl groups excluding tert-OH is 11. The van der Waals surface area contributed by atoms with Crippen LogP contribution in [0.25, 0.3) is 0 Å². The highest BCUT2D eigenvalue weighted by Crippen LogP contribution is 2.35. The van der Waals surface area contributed by atoms with Gasteiger partial charge in [-0.2, -0.15) is 0 Å². The van der Waals surface area contributed by atoms with E-state index in [0.717, 1.165) is 0 Å². The van der Waals surface area contributed by atoms with Crippen molar-refractivity contribution in [2.24, 2.45) is 17.6 Å². The minimum Gasteiger partial charge on any atom is -0.462 e. The number of urea groups is 1. The fourth-order valence-electron chi connectivity index (χ4n) is 8.31. The molecule has 0 spiro atoms. The number of nitrogens with one attached hydrogen (secondary N) is 3. The van der Waals surface area contributed by atoms with Gasteiger partial charge in [-0.25, -0.2) is 10.2 Å². The van der Waals surface area contributed by atoms with Crippen molar-refractivity contribution in [2.75, 3.05) is 6.61 Å². The van der Waals surface area contributed by atoms with Gasteiger partial charge in [-0.1, -0.05) is 98.9 Å². The van der Waals surface area contributed by atoms with E-state index in [1.54, 1.807) is 86.8 Å². The topological polar surface area (TPSA) is 393 Å². The maximum Gasteiger partial charge on any atom is 0.333 e. The van der Waals surface area contributed by atoms with Crippen LogP contribution < -0.4 is 21.9 Å². The molecule has 3 aliphatic heterocycles. The second-order valence-electron chi connectivity index (χ2n) is 19.0. The van der Waals surface area contributed by atoms with E-state index >= 15 is 0 Å². The molecule has 0 saturated carbocycles. The second kappa shape index (κ2) is 31.6. The van der Waals surface area contributed by atoms with Crippen molar-refractivity contribution < 1.29 is 94.6 Å². The Balaban J connectivity index is 1.94. The molecule has 3 rings (SSSR count). The molecular weight excluding hydrogens is 961 g/mol. The average Bonchev–Trinajstić information content (AvgIpc) is 3.32. The van der Waals surface area contributed by atoms with Crippen molar-refractivity contribution in [3.63, 3.8) is 0 Å². The number of amides is 3. The summed E-state index contributed by atoms with van der Waals surface area (Å²) in [4.78, 5) is 37.7. The zero-order chi connectivity index (χ0) is 54.4. The van der Waals surface area contributed by atoms with Gasteiger partial charge >= 0.3 is 12.0 Å². The number of allylic oxidation sites excluding steroid dienone is 12. The van der Waals surface area contributed by atoms with E-state index in [1.807, 2.05) is 23.9 Å². The third kappa shape index (κ3) is 21.9. The summed E-state index contributed by atoms with van der Waals surface area (Å²) in [7, 11) is 0. The van der Waals surface area contributed by atoms with E-state index in [2.05, 4.69) is 5.32 Å². The summed E-state index contributed by atoms with van der Waals surface area (Å²) in [6.45, 7) is 5.74. The Morgan fingerprint density at radius 1 is 0.712 bits per heavy atom. The molecule has 2 fully saturated rings. The zero-order valence-corrected chi connectivity index (χ0v) is 41.7. The maximum atomic E-state index is 13.0. The van der Waals surface area contributed by atoms with Crippen molar-refractivity contribution in [2.45, 2.75) is 189 Å². The van der Waals surface area contributed by atoms with E-state index in [4.69, 9.17) is 29.8 Å². The van der Waals surface area contributed by atoms with Crippen molar-refractivity contribution in [1.29, 1.82) is 0 Å². The average molecular weight is 1040 g/mol. The minimum absolute atomic E-state index is 0.138. The van der Waals surface area contributed by atoms with E-state index in [0.29, 0.717) is 0 Å². The minimum atomic E-state index is -2.38. The molecule has 0 unspecified atom stereocenters. The van der Waals surface area contributed by atoms with Crippen LogP contribution in [0.4, 0.5) is 4.79 Å². The van der Waals surface area contributed by atoms with E-state index in [1.165, 1.54) is 13.0 Å². The maximum absolute atomic E-state index is 13.0. The highest BCUT2D eigenvalue weighted by Gasteiger charge is 2.49. The standard InChI is InChI=1S/C50H80N4O19/c1-28-17-15-13-11-9-7-5-6-8-10-12-14-16-18-35(72-48-46(66)42(51)45(65)31(4)71-48)24-40-43(52-49(68)54-53-47(67)39(62)27-55)38(61)26-50(69,73-40)25-34(58)22-37(60)36(59)20-19-32(56)21-33(57)23-41(63)70-30(3)29(2)44(28)64/h5-18,28-40,42-46,48,55-62,64-66,69H,19-27,51H2,1-4H3,(H,53,67)(H2,52,54,68)/b6-5+,9-7+,10-8+,13-11+,14-12+,17-15+,18-16+/t28-,29-,30-,31+,32+,33+,34-,35-,36+,37+,38-,39+,40-,42-,43+,44+,45+,46-,48-,50+/m0/s1. The zero-order valence-electron chi connectivity index (χ0n) is 41.7. The molecule has 0 radical (unpaired) electrons. The summed E-state index contributed by atoms with van der Waals surface area (Å²) < 4.78 is 23.5.